The van der Waals surface area contributed by atoms with Gasteiger partial charge in [0.05, 0.1) is 0 Å². The van der Waals surface area contributed by atoms with Crippen molar-refractivity contribution in [1.82, 2.24) is 19.3 Å². The summed E-state index contributed by atoms with van der Waals surface area (Å²) in [6.45, 7) is 9.16. The van der Waals surface area contributed by atoms with Crippen molar-refractivity contribution in [2.24, 2.45) is 4.99 Å². The normalized spacial score (nSPS) is 20.9. The van der Waals surface area contributed by atoms with Crippen LogP contribution in [0.25, 0.3) is 5.69 Å². The molecule has 3 amide bonds. The van der Waals surface area contributed by atoms with E-state index >= 15 is 0 Å². The first kappa shape index (κ1) is 22.1. The molecule has 0 radical (unpaired) electrons. The van der Waals surface area contributed by atoms with Crippen molar-refractivity contribution < 1.29 is 14.2 Å². The summed E-state index contributed by atoms with van der Waals surface area (Å²) in [4.78, 5) is 36.9. The highest BCUT2D eigenvalue weighted by atomic mass is 35.5. The monoisotopic (exact) mass is 469 g/mol. The molecule has 0 saturated carbocycles. The van der Waals surface area contributed by atoms with Gasteiger partial charge in [0.25, 0.3) is 5.91 Å². The lowest BCUT2D eigenvalue weighted by atomic mass is 10.1. The number of aliphatic imine (C=N–C) groups is 1. The highest BCUT2D eigenvalue weighted by molar-refractivity contribution is 6.31. The van der Waals surface area contributed by atoms with E-state index in [1.54, 1.807) is 7.05 Å². The summed E-state index contributed by atoms with van der Waals surface area (Å²) in [6, 6.07) is 4.83. The predicted molar refractivity (Wildman–Crippen MR) is 126 cm³/mol. The molecule has 5 rings (SSSR count). The molecule has 1 aromatic carbocycles. The Labute approximate surface area is 199 Å². The number of aromatic nitrogens is 2. The number of benzene rings is 1. The number of hydrogen-bond donors (Lipinski definition) is 0. The SMILES string of the molecule is Cc1c(Cl)cccc1-n1c(C)c(C)[n+]2c1N=C1C2C(=O)N(CCN2CCCCC2)C(=O)N1C. The summed E-state index contributed by atoms with van der Waals surface area (Å²) in [5.41, 5.74) is 3.79. The number of rotatable bonds is 4. The third-order valence-electron chi connectivity index (χ3n) is 7.28. The van der Waals surface area contributed by atoms with Gasteiger partial charge in [-0.3, -0.25) is 14.6 Å². The second-order valence-corrected chi connectivity index (χ2v) is 9.57. The van der Waals surface area contributed by atoms with Gasteiger partial charge in [0.2, 0.25) is 11.9 Å². The lowest BCUT2D eigenvalue weighted by molar-refractivity contribution is -0.682. The number of hydrogen-bond acceptors (Lipinski definition) is 4. The average Bonchev–Trinajstić information content (AvgIpc) is 3.31. The van der Waals surface area contributed by atoms with E-state index in [1.807, 2.05) is 48.1 Å². The van der Waals surface area contributed by atoms with Crippen molar-refractivity contribution in [1.29, 1.82) is 0 Å². The van der Waals surface area contributed by atoms with Crippen LogP contribution in [0.1, 0.15) is 42.3 Å². The Balaban J connectivity index is 1.53. The first-order valence-electron chi connectivity index (χ1n) is 11.6. The second-order valence-electron chi connectivity index (χ2n) is 9.17. The molecule has 174 valence electrons. The van der Waals surface area contributed by atoms with E-state index < -0.39 is 6.04 Å². The first-order valence-corrected chi connectivity index (χ1v) is 12.0. The van der Waals surface area contributed by atoms with Gasteiger partial charge >= 0.3 is 12.0 Å². The van der Waals surface area contributed by atoms with Gasteiger partial charge in [-0.05, 0) is 58.8 Å². The fourth-order valence-electron chi connectivity index (χ4n) is 5.19. The van der Waals surface area contributed by atoms with Crippen LogP contribution in [0, 0.1) is 20.8 Å². The average molecular weight is 470 g/mol. The molecule has 1 unspecified atom stereocenters. The first-order chi connectivity index (χ1) is 15.8. The molecule has 33 heavy (non-hydrogen) atoms. The van der Waals surface area contributed by atoms with E-state index in [0.717, 1.165) is 35.7 Å². The van der Waals surface area contributed by atoms with Crippen LogP contribution in [0.3, 0.4) is 0 Å². The van der Waals surface area contributed by atoms with Gasteiger partial charge < -0.3 is 4.90 Å². The standard InChI is InChI=1S/C24H30ClN6O2/c1-15-18(25)9-8-10-19(15)30-16(2)17(3)31-20-21(26-23(30)31)27(4)24(33)29(22(20)32)14-13-28-11-6-5-7-12-28/h8-10,20H,5-7,11-14H2,1-4H3/q+1. The van der Waals surface area contributed by atoms with E-state index in [-0.39, 0.29) is 11.9 Å². The summed E-state index contributed by atoms with van der Waals surface area (Å²) in [7, 11) is 1.71. The third-order valence-corrected chi connectivity index (χ3v) is 7.69. The molecule has 1 aromatic heterocycles. The van der Waals surface area contributed by atoms with Gasteiger partial charge in [-0.15, -0.1) is 0 Å². The van der Waals surface area contributed by atoms with E-state index in [0.29, 0.717) is 29.9 Å². The highest BCUT2D eigenvalue weighted by Crippen LogP contribution is 2.34. The van der Waals surface area contributed by atoms with Crippen LogP contribution in [-0.4, -0.2) is 70.3 Å². The molecule has 0 N–H and O–H groups in total. The number of amidine groups is 1. The zero-order valence-corrected chi connectivity index (χ0v) is 20.4. The maximum absolute atomic E-state index is 13.7. The number of halogens is 1. The molecule has 0 spiro atoms. The summed E-state index contributed by atoms with van der Waals surface area (Å²) in [5, 5.41) is 0.673. The molecule has 3 aliphatic rings. The second kappa shape index (κ2) is 8.25. The number of likely N-dealkylation sites (N-methyl/N-ethyl adjacent to an activating group) is 1. The molecule has 0 bridgehead atoms. The fourth-order valence-corrected chi connectivity index (χ4v) is 5.36. The van der Waals surface area contributed by atoms with Crippen molar-refractivity contribution in [2.45, 2.75) is 46.1 Å². The van der Waals surface area contributed by atoms with E-state index in [1.165, 1.54) is 29.1 Å². The molecule has 2 fully saturated rings. The number of amides is 3. The number of imidazole rings is 1. The lowest BCUT2D eigenvalue weighted by Gasteiger charge is -2.35. The van der Waals surface area contributed by atoms with Crippen molar-refractivity contribution in [3.8, 4) is 5.69 Å². The smallest absolute Gasteiger partial charge is 0.302 e. The number of carbonyl (C=O) groups is 2. The summed E-state index contributed by atoms with van der Waals surface area (Å²) in [6.07, 6.45) is 3.61. The lowest BCUT2D eigenvalue weighted by Crippen LogP contribution is -2.64. The Hall–Kier alpha value is -2.71. The van der Waals surface area contributed by atoms with E-state index in [9.17, 15) is 9.59 Å². The largest absolute Gasteiger partial charge is 0.407 e. The van der Waals surface area contributed by atoms with Crippen LogP contribution in [-0.2, 0) is 4.79 Å². The van der Waals surface area contributed by atoms with Gasteiger partial charge in [0, 0.05) is 30.7 Å². The molecule has 1 atom stereocenters. The summed E-state index contributed by atoms with van der Waals surface area (Å²) < 4.78 is 4.00. The van der Waals surface area contributed by atoms with Crippen LogP contribution in [0.2, 0.25) is 5.02 Å². The number of carbonyl (C=O) groups excluding carboxylic acids is 2. The maximum atomic E-state index is 13.7. The predicted octanol–water partition coefficient (Wildman–Crippen LogP) is 3.31. The minimum absolute atomic E-state index is 0.208. The number of fused-ring (bicyclic) bond motifs is 3. The zero-order valence-electron chi connectivity index (χ0n) is 19.6. The molecule has 2 saturated heterocycles. The maximum Gasteiger partial charge on any atom is 0.407 e. The molecular weight excluding hydrogens is 440 g/mol. The van der Waals surface area contributed by atoms with Crippen molar-refractivity contribution >= 4 is 35.3 Å². The van der Waals surface area contributed by atoms with Gasteiger partial charge in [-0.25, -0.2) is 9.36 Å². The quantitative estimate of drug-likeness (QED) is 0.645. The number of urea groups is 1. The number of piperidine rings is 1. The van der Waals surface area contributed by atoms with Crippen LogP contribution >= 0.6 is 11.6 Å². The van der Waals surface area contributed by atoms with Crippen LogP contribution < -0.4 is 4.57 Å². The molecule has 2 aromatic rings. The Morgan fingerprint density at radius 3 is 2.55 bits per heavy atom. The van der Waals surface area contributed by atoms with Crippen molar-refractivity contribution in [3.63, 3.8) is 0 Å². The summed E-state index contributed by atoms with van der Waals surface area (Å²) in [5.74, 6) is 0.910. The molecule has 3 aliphatic heterocycles. The minimum Gasteiger partial charge on any atom is -0.302 e. The molecular formula is C24H30ClN6O2+. The molecule has 4 heterocycles. The van der Waals surface area contributed by atoms with Crippen LogP contribution in [0.15, 0.2) is 23.2 Å². The zero-order chi connectivity index (χ0) is 23.4. The summed E-state index contributed by atoms with van der Waals surface area (Å²) >= 11 is 6.41. The Morgan fingerprint density at radius 2 is 1.82 bits per heavy atom. The molecule has 0 aliphatic carbocycles. The van der Waals surface area contributed by atoms with Crippen LogP contribution in [0.4, 0.5) is 10.7 Å². The fraction of sp³-hybridized carbons (Fsp3) is 0.500. The van der Waals surface area contributed by atoms with Crippen LogP contribution in [0.5, 0.6) is 0 Å². The molecule has 8 nitrogen and oxygen atoms in total. The topological polar surface area (TPSA) is 65.0 Å². The Kier molecular flexibility index (Phi) is 5.53. The third kappa shape index (κ3) is 3.38. The molecule has 9 heteroatoms. The minimum atomic E-state index is -0.636. The van der Waals surface area contributed by atoms with E-state index in [4.69, 9.17) is 16.6 Å². The number of imide groups is 1. The number of likely N-dealkylation sites (tertiary alicyclic amines) is 1. The Morgan fingerprint density at radius 1 is 1.09 bits per heavy atom. The van der Waals surface area contributed by atoms with E-state index in [2.05, 4.69) is 4.90 Å². The van der Waals surface area contributed by atoms with Gasteiger partial charge in [-0.2, -0.15) is 4.57 Å². The van der Waals surface area contributed by atoms with Crippen molar-refractivity contribution in [2.75, 3.05) is 33.2 Å². The Bertz CT molecular complexity index is 1180. The van der Waals surface area contributed by atoms with Gasteiger partial charge in [0.15, 0.2) is 0 Å². The van der Waals surface area contributed by atoms with Gasteiger partial charge in [-0.1, -0.05) is 29.1 Å². The highest BCUT2D eigenvalue weighted by Gasteiger charge is 2.54. The van der Waals surface area contributed by atoms with Gasteiger partial charge in [0.1, 0.15) is 17.1 Å². The van der Waals surface area contributed by atoms with Crippen molar-refractivity contribution in [3.05, 3.63) is 40.2 Å². The number of nitrogens with zero attached hydrogens (tertiary/aromatic N) is 6.